The molecule has 7 rings (SSSR count). The Morgan fingerprint density at radius 1 is 1.03 bits per heavy atom. The van der Waals surface area contributed by atoms with Crippen molar-refractivity contribution in [3.8, 4) is 22.6 Å². The fourth-order valence-electron chi connectivity index (χ4n) is 6.07. The van der Waals surface area contributed by atoms with Gasteiger partial charge in [-0.3, -0.25) is 10.1 Å². The molecule has 200 valence electrons. The molecule has 1 saturated heterocycles. The van der Waals surface area contributed by atoms with Crippen molar-refractivity contribution in [2.45, 2.75) is 32.2 Å². The number of aromatic nitrogens is 6. The van der Waals surface area contributed by atoms with Gasteiger partial charge in [-0.15, -0.1) is 0 Å². The summed E-state index contributed by atoms with van der Waals surface area (Å²) in [5, 5.41) is 12.6. The Hall–Kier alpha value is -3.82. The molecule has 1 aliphatic carbocycles. The van der Waals surface area contributed by atoms with Crippen molar-refractivity contribution in [1.82, 2.24) is 40.3 Å². The van der Waals surface area contributed by atoms with Crippen molar-refractivity contribution in [3.05, 3.63) is 54.5 Å². The van der Waals surface area contributed by atoms with Crippen LogP contribution < -0.4 is 10.2 Å². The lowest BCUT2D eigenvalue weighted by atomic mass is 10.1. The third kappa shape index (κ3) is 4.88. The SMILES string of the molecule is CN1CCN(c2ccnc3[nH]c(-c4n[nH]c5ccc(-c6cncc(CNCC7CCCC7)c6)nc45)cc23)CC1. The van der Waals surface area contributed by atoms with Crippen LogP contribution in [0.15, 0.2) is 48.9 Å². The van der Waals surface area contributed by atoms with Crippen LogP contribution in [0.5, 0.6) is 0 Å². The molecule has 9 heteroatoms. The second-order valence-electron chi connectivity index (χ2n) is 11.1. The van der Waals surface area contributed by atoms with Crippen LogP contribution in [0.1, 0.15) is 31.2 Å². The van der Waals surface area contributed by atoms with Crippen LogP contribution >= 0.6 is 0 Å². The number of H-pyrrole nitrogens is 2. The third-order valence-corrected chi connectivity index (χ3v) is 8.34. The number of hydrogen-bond acceptors (Lipinski definition) is 7. The maximum Gasteiger partial charge on any atom is 0.139 e. The molecule has 0 unspecified atom stereocenters. The Bertz CT molecular complexity index is 1590. The lowest BCUT2D eigenvalue weighted by molar-refractivity contribution is 0.313. The summed E-state index contributed by atoms with van der Waals surface area (Å²) in [6.07, 6.45) is 11.2. The van der Waals surface area contributed by atoms with Crippen LogP contribution in [0.25, 0.3) is 44.7 Å². The third-order valence-electron chi connectivity index (χ3n) is 8.34. The van der Waals surface area contributed by atoms with Gasteiger partial charge >= 0.3 is 0 Å². The van der Waals surface area contributed by atoms with Crippen LogP contribution in [-0.4, -0.2) is 74.8 Å². The zero-order chi connectivity index (χ0) is 26.2. The van der Waals surface area contributed by atoms with E-state index in [1.807, 2.05) is 24.7 Å². The average Bonchev–Trinajstić information content (AvgIpc) is 3.73. The lowest BCUT2D eigenvalue weighted by Gasteiger charge is -2.34. The summed E-state index contributed by atoms with van der Waals surface area (Å²) in [4.78, 5) is 22.5. The summed E-state index contributed by atoms with van der Waals surface area (Å²) in [6, 6.07) is 10.6. The molecule has 0 spiro atoms. The van der Waals surface area contributed by atoms with Gasteiger partial charge in [-0.25, -0.2) is 9.97 Å². The number of hydrogen-bond donors (Lipinski definition) is 3. The highest BCUT2D eigenvalue weighted by molar-refractivity contribution is 5.97. The van der Waals surface area contributed by atoms with Gasteiger partial charge in [-0.2, -0.15) is 5.10 Å². The van der Waals surface area contributed by atoms with Crippen molar-refractivity contribution in [2.75, 3.05) is 44.7 Å². The number of nitrogens with one attached hydrogen (secondary N) is 3. The molecular formula is C30H35N9. The van der Waals surface area contributed by atoms with Crippen molar-refractivity contribution in [1.29, 1.82) is 0 Å². The first-order chi connectivity index (χ1) is 19.2. The number of nitrogens with zero attached hydrogens (tertiary/aromatic N) is 6. The number of likely N-dealkylation sites (N-methyl/N-ethyl adjacent to an activating group) is 1. The maximum atomic E-state index is 5.05. The molecule has 9 nitrogen and oxygen atoms in total. The molecular weight excluding hydrogens is 486 g/mol. The summed E-state index contributed by atoms with van der Waals surface area (Å²) in [6.45, 7) is 6.05. The Morgan fingerprint density at radius 3 is 2.77 bits per heavy atom. The van der Waals surface area contributed by atoms with Crippen LogP contribution in [0.4, 0.5) is 5.69 Å². The molecule has 3 N–H and O–H groups in total. The molecule has 1 aliphatic heterocycles. The van der Waals surface area contributed by atoms with Crippen molar-refractivity contribution >= 4 is 27.8 Å². The maximum absolute atomic E-state index is 5.05. The molecule has 1 saturated carbocycles. The normalized spacial score (nSPS) is 17.1. The molecule has 0 amide bonds. The second kappa shape index (κ2) is 10.4. The zero-order valence-corrected chi connectivity index (χ0v) is 22.5. The highest BCUT2D eigenvalue weighted by Gasteiger charge is 2.20. The van der Waals surface area contributed by atoms with Crippen molar-refractivity contribution in [3.63, 3.8) is 0 Å². The van der Waals surface area contributed by atoms with Crippen LogP contribution in [-0.2, 0) is 6.54 Å². The quantitative estimate of drug-likeness (QED) is 0.288. The molecule has 39 heavy (non-hydrogen) atoms. The molecule has 0 bridgehead atoms. The van der Waals surface area contributed by atoms with E-state index in [0.717, 1.165) is 89.9 Å². The predicted octanol–water partition coefficient (Wildman–Crippen LogP) is 4.59. The van der Waals surface area contributed by atoms with Gasteiger partial charge in [0.1, 0.15) is 16.9 Å². The van der Waals surface area contributed by atoms with Crippen molar-refractivity contribution in [2.24, 2.45) is 5.92 Å². The first kappa shape index (κ1) is 24.2. The minimum atomic E-state index is 0.802. The largest absolute Gasteiger partial charge is 0.368 e. The van der Waals surface area contributed by atoms with Crippen molar-refractivity contribution < 1.29 is 0 Å². The number of fused-ring (bicyclic) bond motifs is 2. The van der Waals surface area contributed by atoms with E-state index in [2.05, 4.69) is 71.6 Å². The molecule has 5 aromatic rings. The first-order valence-corrected chi connectivity index (χ1v) is 14.1. The molecule has 2 aliphatic rings. The standard InChI is InChI=1S/C30H35N9/c1-38-10-12-39(13-11-38)27-8-9-33-30-23(27)15-26(35-30)29-28-25(36-37-29)7-6-24(34-28)22-14-21(18-32-19-22)17-31-16-20-4-2-3-5-20/h6-9,14-15,18-20,31H,2-5,10-13,16-17H2,1H3,(H,33,35)(H,36,37). The van der Waals surface area contributed by atoms with Crippen LogP contribution in [0.3, 0.4) is 0 Å². The van der Waals surface area contributed by atoms with E-state index in [1.54, 1.807) is 0 Å². The zero-order valence-electron chi connectivity index (χ0n) is 22.5. The number of anilines is 1. The Kier molecular flexibility index (Phi) is 6.46. The molecule has 0 atom stereocenters. The van der Waals surface area contributed by atoms with Gasteiger partial charge in [0.05, 0.1) is 16.9 Å². The van der Waals surface area contributed by atoms with E-state index >= 15 is 0 Å². The van der Waals surface area contributed by atoms with Gasteiger partial charge in [-0.05, 0) is 68.2 Å². The number of piperazine rings is 1. The van der Waals surface area contributed by atoms with Gasteiger partial charge in [0.2, 0.25) is 0 Å². The number of pyridine rings is 3. The fraction of sp³-hybridized carbons (Fsp3) is 0.400. The second-order valence-corrected chi connectivity index (χ2v) is 11.1. The van der Waals surface area contributed by atoms with Gasteiger partial charge in [0.15, 0.2) is 0 Å². The molecule has 5 aromatic heterocycles. The summed E-state index contributed by atoms with van der Waals surface area (Å²) in [5.41, 5.74) is 8.63. The minimum absolute atomic E-state index is 0.802. The molecule has 2 fully saturated rings. The first-order valence-electron chi connectivity index (χ1n) is 14.1. The summed E-state index contributed by atoms with van der Waals surface area (Å²) in [5.74, 6) is 0.821. The number of rotatable bonds is 7. The molecule has 0 radical (unpaired) electrons. The summed E-state index contributed by atoms with van der Waals surface area (Å²) >= 11 is 0. The van der Waals surface area contributed by atoms with E-state index in [1.165, 1.54) is 36.9 Å². The predicted molar refractivity (Wildman–Crippen MR) is 156 cm³/mol. The number of aromatic amines is 2. The topological polar surface area (TPSA) is 102 Å². The Labute approximate surface area is 228 Å². The highest BCUT2D eigenvalue weighted by atomic mass is 15.2. The fourth-order valence-corrected chi connectivity index (χ4v) is 6.07. The van der Waals surface area contributed by atoms with Gasteiger partial charge in [-0.1, -0.05) is 12.8 Å². The van der Waals surface area contributed by atoms with Crippen LogP contribution in [0.2, 0.25) is 0 Å². The van der Waals surface area contributed by atoms with E-state index < -0.39 is 0 Å². The Balaban J connectivity index is 1.17. The lowest BCUT2D eigenvalue weighted by Crippen LogP contribution is -2.44. The minimum Gasteiger partial charge on any atom is -0.368 e. The summed E-state index contributed by atoms with van der Waals surface area (Å²) < 4.78 is 0. The summed E-state index contributed by atoms with van der Waals surface area (Å²) in [7, 11) is 2.18. The van der Waals surface area contributed by atoms with Gasteiger partial charge < -0.3 is 20.1 Å². The van der Waals surface area contributed by atoms with E-state index in [9.17, 15) is 0 Å². The van der Waals surface area contributed by atoms with E-state index in [4.69, 9.17) is 4.98 Å². The van der Waals surface area contributed by atoms with Crippen LogP contribution in [0, 0.1) is 5.92 Å². The van der Waals surface area contributed by atoms with E-state index in [-0.39, 0.29) is 0 Å². The molecule has 0 aromatic carbocycles. The average molecular weight is 522 g/mol. The van der Waals surface area contributed by atoms with Gasteiger partial charge in [0.25, 0.3) is 0 Å². The van der Waals surface area contributed by atoms with Gasteiger partial charge in [0, 0.05) is 68.0 Å². The monoisotopic (exact) mass is 521 g/mol. The molecule has 6 heterocycles. The highest BCUT2D eigenvalue weighted by Crippen LogP contribution is 2.33. The van der Waals surface area contributed by atoms with E-state index in [0.29, 0.717) is 0 Å². The smallest absolute Gasteiger partial charge is 0.139 e. The Morgan fingerprint density at radius 2 is 1.90 bits per heavy atom.